The largest absolute Gasteiger partial charge is 0.366 e. The molecular weight excluding hydrogens is 282 g/mol. The Bertz CT molecular complexity index is 698. The molecule has 0 N–H and O–H groups in total. The third-order valence-corrected chi connectivity index (χ3v) is 4.76. The normalized spacial score (nSPS) is 18.6. The molecule has 23 heavy (non-hydrogen) atoms. The molecule has 0 spiro atoms. The van der Waals surface area contributed by atoms with Crippen molar-refractivity contribution in [3.63, 3.8) is 0 Å². The van der Waals surface area contributed by atoms with Crippen LogP contribution in [0.1, 0.15) is 63.1 Å². The topological polar surface area (TPSA) is 50.8 Å². The lowest BCUT2D eigenvalue weighted by molar-refractivity contribution is 0.376. The number of aryl methyl sites for hydroxylation is 1. The van der Waals surface area contributed by atoms with Crippen LogP contribution in [0, 0.1) is 29.6 Å². The van der Waals surface area contributed by atoms with E-state index in [1.165, 1.54) is 11.3 Å². The Kier molecular flexibility index (Phi) is 4.81. The number of fused-ring (bicyclic) bond motifs is 1. The third kappa shape index (κ3) is 3.25. The molecular formula is C20H25N3. The van der Waals surface area contributed by atoms with Crippen LogP contribution in [0.4, 0.5) is 5.69 Å². The predicted molar refractivity (Wildman–Crippen MR) is 95.1 cm³/mol. The third-order valence-electron chi connectivity index (χ3n) is 4.76. The van der Waals surface area contributed by atoms with Crippen molar-refractivity contribution in [2.24, 2.45) is 0 Å². The van der Waals surface area contributed by atoms with Crippen molar-refractivity contribution in [3.8, 4) is 12.1 Å². The number of benzene rings is 1. The number of allylic oxidation sites excluding steroid dienone is 1. The van der Waals surface area contributed by atoms with E-state index in [1.54, 1.807) is 6.08 Å². The summed E-state index contributed by atoms with van der Waals surface area (Å²) in [7, 11) is 0. The van der Waals surface area contributed by atoms with E-state index in [2.05, 4.69) is 51.7 Å². The van der Waals surface area contributed by atoms with Gasteiger partial charge in [0, 0.05) is 17.8 Å². The molecule has 1 heterocycles. The molecule has 0 saturated carbocycles. The summed E-state index contributed by atoms with van der Waals surface area (Å²) in [5, 5.41) is 18.0. The smallest absolute Gasteiger partial charge is 0.130 e. The molecule has 3 heteroatoms. The number of rotatable bonds is 3. The molecule has 3 nitrogen and oxygen atoms in total. The van der Waals surface area contributed by atoms with Gasteiger partial charge in [0.1, 0.15) is 17.7 Å². The summed E-state index contributed by atoms with van der Waals surface area (Å²) in [6.45, 7) is 12.2. The zero-order chi connectivity index (χ0) is 17.2. The zero-order valence-electron chi connectivity index (χ0n) is 14.8. The van der Waals surface area contributed by atoms with Gasteiger partial charge >= 0.3 is 0 Å². The van der Waals surface area contributed by atoms with Crippen molar-refractivity contribution >= 4 is 11.8 Å². The average molecular weight is 307 g/mol. The molecule has 0 bridgehead atoms. The highest BCUT2D eigenvalue weighted by Crippen LogP contribution is 2.44. The van der Waals surface area contributed by atoms with Gasteiger partial charge in [-0.3, -0.25) is 0 Å². The fraction of sp³-hybridized carbons (Fsp3) is 0.500. The fourth-order valence-corrected chi connectivity index (χ4v) is 3.70. The summed E-state index contributed by atoms with van der Waals surface area (Å²) in [6.07, 6.45) is 3.92. The van der Waals surface area contributed by atoms with Crippen LogP contribution in [0.25, 0.3) is 6.08 Å². The van der Waals surface area contributed by atoms with E-state index in [0.717, 1.165) is 30.5 Å². The highest BCUT2D eigenvalue weighted by atomic mass is 15.2. The molecule has 1 aromatic carbocycles. The summed E-state index contributed by atoms with van der Waals surface area (Å²) < 4.78 is 0. The molecule has 0 saturated heterocycles. The van der Waals surface area contributed by atoms with Gasteiger partial charge in [0.2, 0.25) is 0 Å². The Balaban J connectivity index is 2.60. The second-order valence-electron chi connectivity index (χ2n) is 7.12. The maximum Gasteiger partial charge on any atom is 0.130 e. The standard InChI is InChI=1S/C20H25N3/c1-6-7-23-19-8-14(2)17(9-16(12-21)13-22)10-18(19)15(3)11-20(23,4)5/h8-10,15H,6-7,11H2,1-5H3. The zero-order valence-corrected chi connectivity index (χ0v) is 14.8. The van der Waals surface area contributed by atoms with Crippen molar-refractivity contribution in [3.05, 3.63) is 34.4 Å². The minimum absolute atomic E-state index is 0.149. The summed E-state index contributed by atoms with van der Waals surface area (Å²) >= 11 is 0. The second kappa shape index (κ2) is 6.47. The molecule has 0 amide bonds. The van der Waals surface area contributed by atoms with Crippen molar-refractivity contribution in [2.45, 2.75) is 58.9 Å². The van der Waals surface area contributed by atoms with Crippen LogP contribution in [0.3, 0.4) is 0 Å². The van der Waals surface area contributed by atoms with Crippen LogP contribution >= 0.6 is 0 Å². The van der Waals surface area contributed by atoms with E-state index in [-0.39, 0.29) is 11.1 Å². The molecule has 1 unspecified atom stereocenters. The van der Waals surface area contributed by atoms with E-state index in [0.29, 0.717) is 5.92 Å². The Morgan fingerprint density at radius 2 is 2.00 bits per heavy atom. The van der Waals surface area contributed by atoms with Gasteiger partial charge in [-0.1, -0.05) is 13.8 Å². The first kappa shape index (κ1) is 17.1. The lowest BCUT2D eigenvalue weighted by Crippen LogP contribution is -2.48. The maximum absolute atomic E-state index is 9.00. The first-order chi connectivity index (χ1) is 10.8. The number of nitrogens with zero attached hydrogens (tertiary/aromatic N) is 3. The van der Waals surface area contributed by atoms with Crippen LogP contribution in [-0.4, -0.2) is 12.1 Å². The highest BCUT2D eigenvalue weighted by molar-refractivity contribution is 5.70. The van der Waals surface area contributed by atoms with E-state index in [9.17, 15) is 0 Å². The monoisotopic (exact) mass is 307 g/mol. The summed E-state index contributed by atoms with van der Waals surface area (Å²) in [5.41, 5.74) is 5.02. The summed E-state index contributed by atoms with van der Waals surface area (Å²) in [4.78, 5) is 2.51. The van der Waals surface area contributed by atoms with E-state index in [4.69, 9.17) is 10.5 Å². The Labute approximate surface area is 139 Å². The first-order valence-electron chi connectivity index (χ1n) is 8.28. The van der Waals surface area contributed by atoms with Gasteiger partial charge in [-0.05, 0) is 74.4 Å². The van der Waals surface area contributed by atoms with Crippen LogP contribution in [0.2, 0.25) is 0 Å². The van der Waals surface area contributed by atoms with Crippen LogP contribution < -0.4 is 4.90 Å². The molecule has 1 aromatic rings. The molecule has 0 fully saturated rings. The average Bonchev–Trinajstić information content (AvgIpc) is 2.49. The van der Waals surface area contributed by atoms with Crippen molar-refractivity contribution in [1.82, 2.24) is 0 Å². The number of nitriles is 2. The molecule has 2 rings (SSSR count). The molecule has 1 aliphatic rings. The SMILES string of the molecule is CCCN1c2cc(C)c(C=C(C#N)C#N)cc2C(C)CC1(C)C. The lowest BCUT2D eigenvalue weighted by atomic mass is 9.78. The van der Waals surface area contributed by atoms with Gasteiger partial charge < -0.3 is 4.90 Å². The highest BCUT2D eigenvalue weighted by Gasteiger charge is 2.36. The summed E-state index contributed by atoms with van der Waals surface area (Å²) in [6, 6.07) is 8.29. The van der Waals surface area contributed by atoms with E-state index in [1.807, 2.05) is 12.1 Å². The number of anilines is 1. The van der Waals surface area contributed by atoms with Crippen molar-refractivity contribution in [1.29, 1.82) is 10.5 Å². The van der Waals surface area contributed by atoms with Gasteiger partial charge in [-0.2, -0.15) is 10.5 Å². The molecule has 1 atom stereocenters. The predicted octanol–water partition coefficient (Wildman–Crippen LogP) is 4.93. The molecule has 0 aromatic heterocycles. The van der Waals surface area contributed by atoms with Crippen LogP contribution in [-0.2, 0) is 0 Å². The molecule has 120 valence electrons. The first-order valence-corrected chi connectivity index (χ1v) is 8.28. The summed E-state index contributed by atoms with van der Waals surface area (Å²) in [5.74, 6) is 0.466. The van der Waals surface area contributed by atoms with Gasteiger partial charge in [0.25, 0.3) is 0 Å². The number of hydrogen-bond acceptors (Lipinski definition) is 3. The Hall–Kier alpha value is -2.26. The van der Waals surface area contributed by atoms with Crippen LogP contribution in [0.15, 0.2) is 17.7 Å². The van der Waals surface area contributed by atoms with Gasteiger partial charge in [0.15, 0.2) is 0 Å². The van der Waals surface area contributed by atoms with Gasteiger partial charge in [-0.15, -0.1) is 0 Å². The molecule has 0 aliphatic carbocycles. The molecule has 0 radical (unpaired) electrons. The fourth-order valence-electron chi connectivity index (χ4n) is 3.70. The van der Waals surface area contributed by atoms with Crippen LogP contribution in [0.5, 0.6) is 0 Å². The van der Waals surface area contributed by atoms with Crippen molar-refractivity contribution in [2.75, 3.05) is 11.4 Å². The van der Waals surface area contributed by atoms with Gasteiger partial charge in [-0.25, -0.2) is 0 Å². The minimum Gasteiger partial charge on any atom is -0.366 e. The lowest BCUT2D eigenvalue weighted by Gasteiger charge is -2.48. The second-order valence-corrected chi connectivity index (χ2v) is 7.12. The Morgan fingerprint density at radius 1 is 1.35 bits per heavy atom. The van der Waals surface area contributed by atoms with Gasteiger partial charge in [0.05, 0.1) is 0 Å². The number of hydrogen-bond donors (Lipinski definition) is 0. The van der Waals surface area contributed by atoms with E-state index < -0.39 is 0 Å². The van der Waals surface area contributed by atoms with Crippen molar-refractivity contribution < 1.29 is 0 Å². The maximum atomic E-state index is 9.00. The molecule has 1 aliphatic heterocycles. The van der Waals surface area contributed by atoms with E-state index >= 15 is 0 Å². The Morgan fingerprint density at radius 3 is 2.57 bits per heavy atom. The quantitative estimate of drug-likeness (QED) is 0.744. The minimum atomic E-state index is 0.149.